The van der Waals surface area contributed by atoms with Crippen LogP contribution < -0.4 is 5.32 Å². The molecule has 5 nitrogen and oxygen atoms in total. The molecule has 2 heterocycles. The van der Waals surface area contributed by atoms with Gasteiger partial charge in [0.25, 0.3) is 0 Å². The van der Waals surface area contributed by atoms with Crippen LogP contribution in [0.4, 0.5) is 0 Å². The van der Waals surface area contributed by atoms with Gasteiger partial charge in [-0.2, -0.15) is 0 Å². The predicted molar refractivity (Wildman–Crippen MR) is 78.6 cm³/mol. The van der Waals surface area contributed by atoms with E-state index in [0.29, 0.717) is 19.4 Å². The van der Waals surface area contributed by atoms with E-state index in [0.717, 1.165) is 29.2 Å². The van der Waals surface area contributed by atoms with E-state index in [-0.39, 0.29) is 5.91 Å². The number of nitrogens with one attached hydrogen (secondary N) is 1. The average Bonchev–Trinajstić information content (AvgIpc) is 2.94. The van der Waals surface area contributed by atoms with E-state index in [4.69, 9.17) is 0 Å². The number of carbonyl (C=O) groups excluding carboxylic acids is 1. The molecule has 0 saturated carbocycles. The molecule has 20 heavy (non-hydrogen) atoms. The number of carbonyl (C=O) groups is 1. The van der Waals surface area contributed by atoms with Crippen LogP contribution in [0.25, 0.3) is 0 Å². The first-order chi connectivity index (χ1) is 9.78. The Hall–Kier alpha value is -1.82. The highest BCUT2D eigenvalue weighted by molar-refractivity contribution is 7.09. The Kier molecular flexibility index (Phi) is 5.61. The minimum Gasteiger partial charge on any atom is -0.356 e. The second-order valence-electron chi connectivity index (χ2n) is 4.38. The monoisotopic (exact) mass is 290 g/mol. The fourth-order valence-corrected chi connectivity index (χ4v) is 2.52. The summed E-state index contributed by atoms with van der Waals surface area (Å²) in [6.45, 7) is 2.73. The number of aromatic nitrogens is 3. The molecule has 2 aromatic rings. The molecule has 0 saturated heterocycles. The van der Waals surface area contributed by atoms with Gasteiger partial charge in [-0.05, 0) is 12.8 Å². The van der Waals surface area contributed by atoms with Crippen LogP contribution in [0.3, 0.4) is 0 Å². The van der Waals surface area contributed by atoms with Crippen molar-refractivity contribution in [2.75, 3.05) is 6.54 Å². The van der Waals surface area contributed by atoms with Gasteiger partial charge in [-0.15, -0.1) is 11.3 Å². The van der Waals surface area contributed by atoms with Gasteiger partial charge in [0.05, 0.1) is 16.4 Å². The Morgan fingerprint density at radius 1 is 1.30 bits per heavy atom. The molecule has 6 heteroatoms. The van der Waals surface area contributed by atoms with Gasteiger partial charge < -0.3 is 5.32 Å². The zero-order chi connectivity index (χ0) is 14.2. The molecule has 0 aliphatic rings. The molecule has 0 aromatic carbocycles. The van der Waals surface area contributed by atoms with E-state index in [2.05, 4.69) is 32.6 Å². The van der Waals surface area contributed by atoms with Crippen LogP contribution in [-0.4, -0.2) is 27.4 Å². The van der Waals surface area contributed by atoms with Crippen LogP contribution in [-0.2, 0) is 24.1 Å². The maximum atomic E-state index is 11.7. The number of nitrogens with zero attached hydrogens (tertiary/aromatic N) is 3. The molecule has 0 radical (unpaired) electrons. The largest absolute Gasteiger partial charge is 0.356 e. The maximum Gasteiger partial charge on any atom is 0.220 e. The van der Waals surface area contributed by atoms with Crippen LogP contribution in [0.5, 0.6) is 0 Å². The van der Waals surface area contributed by atoms with E-state index in [9.17, 15) is 4.79 Å². The van der Waals surface area contributed by atoms with E-state index in [1.807, 2.05) is 0 Å². The first-order valence-electron chi connectivity index (χ1n) is 6.72. The van der Waals surface area contributed by atoms with Crippen LogP contribution in [0.2, 0.25) is 0 Å². The van der Waals surface area contributed by atoms with Gasteiger partial charge in [-0.25, -0.2) is 4.98 Å². The van der Waals surface area contributed by atoms with E-state index in [1.165, 1.54) is 0 Å². The van der Waals surface area contributed by atoms with Gasteiger partial charge in [0.15, 0.2) is 0 Å². The van der Waals surface area contributed by atoms with Crippen LogP contribution >= 0.6 is 11.3 Å². The fraction of sp³-hybridized carbons (Fsp3) is 0.429. The quantitative estimate of drug-likeness (QED) is 0.844. The molecule has 2 rings (SSSR count). The van der Waals surface area contributed by atoms with Crippen molar-refractivity contribution in [3.63, 3.8) is 0 Å². The third-order valence-corrected chi connectivity index (χ3v) is 3.87. The summed E-state index contributed by atoms with van der Waals surface area (Å²) in [7, 11) is 0. The van der Waals surface area contributed by atoms with Gasteiger partial charge in [0.1, 0.15) is 0 Å². The smallest absolute Gasteiger partial charge is 0.220 e. The Balaban J connectivity index is 1.65. The second-order valence-corrected chi connectivity index (χ2v) is 5.33. The Labute approximate surface area is 122 Å². The summed E-state index contributed by atoms with van der Waals surface area (Å²) in [6, 6.07) is 0. The van der Waals surface area contributed by atoms with Gasteiger partial charge in [-0.3, -0.25) is 14.8 Å². The number of rotatable bonds is 7. The molecule has 0 spiro atoms. The molecule has 0 unspecified atom stereocenters. The van der Waals surface area contributed by atoms with Crippen molar-refractivity contribution in [2.24, 2.45) is 0 Å². The lowest BCUT2D eigenvalue weighted by molar-refractivity contribution is -0.121. The van der Waals surface area contributed by atoms with Crippen molar-refractivity contribution in [2.45, 2.75) is 32.6 Å². The standard InChI is InChI=1S/C14H18N4OS/c1-2-14-18-12(10-20-14)5-6-17-13(19)4-3-11-9-15-7-8-16-11/h7-10H,2-6H2,1H3,(H,17,19). The van der Waals surface area contributed by atoms with E-state index >= 15 is 0 Å². The summed E-state index contributed by atoms with van der Waals surface area (Å²) in [4.78, 5) is 24.3. The summed E-state index contributed by atoms with van der Waals surface area (Å²) in [5.41, 5.74) is 1.90. The third-order valence-electron chi connectivity index (χ3n) is 2.83. The van der Waals surface area contributed by atoms with Crippen molar-refractivity contribution in [3.05, 3.63) is 40.4 Å². The molecule has 1 N–H and O–H groups in total. The van der Waals surface area contributed by atoms with Gasteiger partial charge in [0, 0.05) is 43.4 Å². The third kappa shape index (κ3) is 4.70. The maximum absolute atomic E-state index is 11.7. The van der Waals surface area contributed by atoms with E-state index in [1.54, 1.807) is 29.9 Å². The summed E-state index contributed by atoms with van der Waals surface area (Å²) in [5.74, 6) is 0.0431. The van der Waals surface area contributed by atoms with Crippen LogP contribution in [0.15, 0.2) is 24.0 Å². The van der Waals surface area contributed by atoms with Crippen LogP contribution in [0, 0.1) is 0 Å². The van der Waals surface area contributed by atoms with Crippen molar-refractivity contribution >= 4 is 17.2 Å². The van der Waals surface area contributed by atoms with Gasteiger partial charge in [-0.1, -0.05) is 6.92 Å². The van der Waals surface area contributed by atoms with E-state index < -0.39 is 0 Å². The summed E-state index contributed by atoms with van der Waals surface area (Å²) >= 11 is 1.68. The number of hydrogen-bond acceptors (Lipinski definition) is 5. The lowest BCUT2D eigenvalue weighted by atomic mass is 10.2. The molecule has 0 aliphatic carbocycles. The zero-order valence-corrected chi connectivity index (χ0v) is 12.3. The Morgan fingerprint density at radius 2 is 2.20 bits per heavy atom. The molecule has 1 amide bonds. The minimum atomic E-state index is 0.0431. The molecule has 0 fully saturated rings. The molecular formula is C14H18N4OS. The second kappa shape index (κ2) is 7.69. The average molecular weight is 290 g/mol. The highest BCUT2D eigenvalue weighted by atomic mass is 32.1. The summed E-state index contributed by atoms with van der Waals surface area (Å²) in [6.07, 6.45) is 7.77. The minimum absolute atomic E-state index is 0.0431. The molecular weight excluding hydrogens is 272 g/mol. The van der Waals surface area contributed by atoms with Crippen molar-refractivity contribution < 1.29 is 4.79 Å². The lowest BCUT2D eigenvalue weighted by Gasteiger charge is -2.03. The van der Waals surface area contributed by atoms with Crippen molar-refractivity contribution in [3.8, 4) is 0 Å². The highest BCUT2D eigenvalue weighted by Gasteiger charge is 2.04. The Morgan fingerprint density at radius 3 is 2.90 bits per heavy atom. The fourth-order valence-electron chi connectivity index (χ4n) is 1.75. The molecule has 106 valence electrons. The Bertz CT molecular complexity index is 541. The normalized spacial score (nSPS) is 10.4. The first-order valence-corrected chi connectivity index (χ1v) is 7.60. The summed E-state index contributed by atoms with van der Waals surface area (Å²) in [5, 5.41) is 6.11. The van der Waals surface area contributed by atoms with Crippen LogP contribution in [0.1, 0.15) is 29.7 Å². The van der Waals surface area contributed by atoms with Crippen molar-refractivity contribution in [1.29, 1.82) is 0 Å². The molecule has 0 bridgehead atoms. The summed E-state index contributed by atoms with van der Waals surface area (Å²) < 4.78 is 0. The highest BCUT2D eigenvalue weighted by Crippen LogP contribution is 2.10. The number of aryl methyl sites for hydroxylation is 2. The zero-order valence-electron chi connectivity index (χ0n) is 11.5. The molecule has 0 atom stereocenters. The topological polar surface area (TPSA) is 67.8 Å². The van der Waals surface area contributed by atoms with Gasteiger partial charge >= 0.3 is 0 Å². The van der Waals surface area contributed by atoms with Crippen molar-refractivity contribution in [1.82, 2.24) is 20.3 Å². The predicted octanol–water partition coefficient (Wildman–Crippen LogP) is 1.79. The first kappa shape index (κ1) is 14.6. The molecule has 2 aromatic heterocycles. The lowest BCUT2D eigenvalue weighted by Crippen LogP contribution is -2.26. The number of thiazole rings is 1. The molecule has 0 aliphatic heterocycles. The van der Waals surface area contributed by atoms with Gasteiger partial charge in [0.2, 0.25) is 5.91 Å². The number of amides is 1. The SMILES string of the molecule is CCc1nc(CCNC(=O)CCc2cnccn2)cs1. The number of hydrogen-bond donors (Lipinski definition) is 1.